The van der Waals surface area contributed by atoms with Gasteiger partial charge in [0.2, 0.25) is 0 Å². The number of aryl methyl sites for hydroxylation is 1. The third-order valence-corrected chi connectivity index (χ3v) is 6.04. The number of nitrogens with two attached hydrogens (primary N) is 1. The van der Waals surface area contributed by atoms with E-state index in [0.717, 1.165) is 28.3 Å². The van der Waals surface area contributed by atoms with Crippen LogP contribution in [0.5, 0.6) is 0 Å². The highest BCUT2D eigenvalue weighted by Gasteiger charge is 2.24. The fraction of sp³-hybridized carbons (Fsp3) is 0.667. The summed E-state index contributed by atoms with van der Waals surface area (Å²) in [6.45, 7) is 9.59. The van der Waals surface area contributed by atoms with E-state index in [9.17, 15) is 9.59 Å². The molecule has 3 N–H and O–H groups in total. The molecule has 0 aromatic carbocycles. The van der Waals surface area contributed by atoms with E-state index in [0.29, 0.717) is 38.1 Å². The minimum Gasteiger partial charge on any atom is -0.376 e. The first kappa shape index (κ1) is 19.3. The number of nitrogens with zero attached hydrogens (tertiary/aromatic N) is 2. The molecule has 0 aliphatic carbocycles. The lowest BCUT2D eigenvalue weighted by atomic mass is 10.1. The molecule has 0 radical (unpaired) electrons. The Morgan fingerprint density at radius 1 is 1.35 bits per heavy atom. The largest absolute Gasteiger partial charge is 0.376 e. The molecule has 1 fully saturated rings. The van der Waals surface area contributed by atoms with Crippen LogP contribution in [0.3, 0.4) is 0 Å². The molecule has 3 heterocycles. The topological polar surface area (TPSA) is 91.3 Å². The summed E-state index contributed by atoms with van der Waals surface area (Å²) in [4.78, 5) is 27.9. The van der Waals surface area contributed by atoms with E-state index in [1.54, 1.807) is 4.57 Å². The molecule has 1 aliphatic heterocycles. The maximum absolute atomic E-state index is 13.1. The van der Waals surface area contributed by atoms with Crippen molar-refractivity contribution in [2.24, 2.45) is 11.7 Å². The van der Waals surface area contributed by atoms with E-state index in [4.69, 9.17) is 10.5 Å². The van der Waals surface area contributed by atoms with Crippen LogP contribution in [0, 0.1) is 12.8 Å². The van der Waals surface area contributed by atoms with E-state index >= 15 is 0 Å². The Bertz CT molecular complexity index is 892. The van der Waals surface area contributed by atoms with Crippen LogP contribution in [0.4, 0.5) is 0 Å². The number of fused-ring (bicyclic) bond motifs is 1. The summed E-state index contributed by atoms with van der Waals surface area (Å²) < 4.78 is 8.67. The molecule has 144 valence electrons. The third kappa shape index (κ3) is 3.64. The first-order valence-electron chi connectivity index (χ1n) is 9.22. The number of thiophene rings is 1. The van der Waals surface area contributed by atoms with E-state index in [1.165, 1.54) is 15.9 Å². The predicted octanol–water partition coefficient (Wildman–Crippen LogP) is 1.03. The average molecular weight is 381 g/mol. The fourth-order valence-corrected chi connectivity index (χ4v) is 4.50. The van der Waals surface area contributed by atoms with Crippen molar-refractivity contribution in [3.8, 4) is 0 Å². The molecule has 26 heavy (non-hydrogen) atoms. The molecule has 0 amide bonds. The maximum atomic E-state index is 13.1. The predicted molar refractivity (Wildman–Crippen MR) is 105 cm³/mol. The Morgan fingerprint density at radius 2 is 2.08 bits per heavy atom. The molecular weight excluding hydrogens is 352 g/mol. The highest BCUT2D eigenvalue weighted by Crippen LogP contribution is 2.28. The minimum absolute atomic E-state index is 0.0575. The number of ether oxygens (including phenoxy) is 1. The molecule has 1 atom stereocenters. The number of nitrogens with one attached hydrogen (secondary N) is 1. The van der Waals surface area contributed by atoms with Gasteiger partial charge in [-0.15, -0.1) is 11.3 Å². The summed E-state index contributed by atoms with van der Waals surface area (Å²) in [5.41, 5.74) is 6.10. The molecule has 1 aliphatic rings. The van der Waals surface area contributed by atoms with Gasteiger partial charge in [0, 0.05) is 37.7 Å². The first-order chi connectivity index (χ1) is 12.4. The molecule has 0 bridgehead atoms. The normalized spacial score (nSPS) is 17.2. The Morgan fingerprint density at radius 3 is 2.65 bits per heavy atom. The van der Waals surface area contributed by atoms with Gasteiger partial charge in [-0.1, -0.05) is 13.8 Å². The Kier molecular flexibility index (Phi) is 5.96. The summed E-state index contributed by atoms with van der Waals surface area (Å²) in [6, 6.07) is 0. The summed E-state index contributed by atoms with van der Waals surface area (Å²) in [5.74, 6) is 0.218. The van der Waals surface area contributed by atoms with Crippen molar-refractivity contribution in [2.75, 3.05) is 19.7 Å². The second-order valence-corrected chi connectivity index (χ2v) is 8.36. The van der Waals surface area contributed by atoms with Crippen molar-refractivity contribution < 1.29 is 4.74 Å². The van der Waals surface area contributed by atoms with Gasteiger partial charge in [-0.05, 0) is 24.8 Å². The molecule has 1 unspecified atom stereocenters. The van der Waals surface area contributed by atoms with Gasteiger partial charge in [0.1, 0.15) is 4.83 Å². The summed E-state index contributed by atoms with van der Waals surface area (Å²) in [7, 11) is 0. The molecule has 8 heteroatoms. The van der Waals surface area contributed by atoms with Gasteiger partial charge in [-0.25, -0.2) is 4.79 Å². The molecular formula is C18H28N4O3S. The van der Waals surface area contributed by atoms with Crippen LogP contribution in [0.25, 0.3) is 10.2 Å². The Labute approximate surface area is 156 Å². The zero-order valence-corrected chi connectivity index (χ0v) is 16.5. The summed E-state index contributed by atoms with van der Waals surface area (Å²) in [5, 5.41) is 3.95. The quantitative estimate of drug-likeness (QED) is 0.668. The van der Waals surface area contributed by atoms with Crippen LogP contribution in [0.15, 0.2) is 9.59 Å². The first-order valence-corrected chi connectivity index (χ1v) is 10.0. The van der Waals surface area contributed by atoms with Crippen molar-refractivity contribution in [2.45, 2.75) is 52.9 Å². The van der Waals surface area contributed by atoms with Gasteiger partial charge in [0.05, 0.1) is 18.0 Å². The minimum atomic E-state index is -0.227. The number of rotatable bonds is 8. The van der Waals surface area contributed by atoms with Gasteiger partial charge in [0.25, 0.3) is 5.56 Å². The lowest BCUT2D eigenvalue weighted by Crippen LogP contribution is -2.44. The molecule has 1 saturated heterocycles. The third-order valence-electron chi connectivity index (χ3n) is 4.73. The van der Waals surface area contributed by atoms with E-state index in [-0.39, 0.29) is 23.3 Å². The molecule has 0 spiro atoms. The smallest absolute Gasteiger partial charge is 0.332 e. The lowest BCUT2D eigenvalue weighted by Gasteiger charge is -2.27. The molecule has 3 rings (SSSR count). The van der Waals surface area contributed by atoms with Gasteiger partial charge in [0.15, 0.2) is 0 Å². The van der Waals surface area contributed by atoms with Crippen LogP contribution in [0.1, 0.15) is 30.7 Å². The van der Waals surface area contributed by atoms with Crippen molar-refractivity contribution >= 4 is 21.6 Å². The second-order valence-electron chi connectivity index (χ2n) is 7.28. The fourth-order valence-electron chi connectivity index (χ4n) is 3.23. The van der Waals surface area contributed by atoms with Gasteiger partial charge >= 0.3 is 5.69 Å². The van der Waals surface area contributed by atoms with E-state index in [2.05, 4.69) is 5.32 Å². The molecule has 2 aromatic heterocycles. The highest BCUT2D eigenvalue weighted by atomic mass is 32.1. The lowest BCUT2D eigenvalue weighted by molar-refractivity contribution is -0.0593. The zero-order chi connectivity index (χ0) is 18.8. The Balaban J connectivity index is 2.15. The standard InChI is InChI=1S/C18H28N4O3S/c1-11(2)9-21-16(23)15-12(3)14(8-20-6-5-19)26-17(15)22(18(21)24)10-13-4-7-25-13/h11,13,20H,4-10,19H2,1-3H3. The van der Waals surface area contributed by atoms with Gasteiger partial charge in [-0.2, -0.15) is 0 Å². The zero-order valence-electron chi connectivity index (χ0n) is 15.7. The Hall–Kier alpha value is -1.48. The van der Waals surface area contributed by atoms with E-state index in [1.807, 2.05) is 20.8 Å². The maximum Gasteiger partial charge on any atom is 0.332 e. The molecule has 7 nitrogen and oxygen atoms in total. The van der Waals surface area contributed by atoms with Crippen LogP contribution < -0.4 is 22.3 Å². The number of hydrogen-bond donors (Lipinski definition) is 2. The second kappa shape index (κ2) is 8.04. The van der Waals surface area contributed by atoms with E-state index < -0.39 is 0 Å². The van der Waals surface area contributed by atoms with Gasteiger partial charge < -0.3 is 15.8 Å². The van der Waals surface area contributed by atoms with Crippen molar-refractivity contribution in [3.05, 3.63) is 31.3 Å². The number of aromatic nitrogens is 2. The summed E-state index contributed by atoms with van der Waals surface area (Å²) >= 11 is 1.52. The van der Waals surface area contributed by atoms with Crippen LogP contribution >= 0.6 is 11.3 Å². The number of hydrogen-bond acceptors (Lipinski definition) is 6. The van der Waals surface area contributed by atoms with Gasteiger partial charge in [-0.3, -0.25) is 13.9 Å². The summed E-state index contributed by atoms with van der Waals surface area (Å²) in [6.07, 6.45) is 1.01. The van der Waals surface area contributed by atoms with Crippen molar-refractivity contribution in [1.82, 2.24) is 14.5 Å². The SMILES string of the molecule is Cc1c(CNCCN)sc2c1c(=O)n(CC(C)C)c(=O)n2CC1CCO1. The van der Waals surface area contributed by atoms with Crippen LogP contribution in [0.2, 0.25) is 0 Å². The highest BCUT2D eigenvalue weighted by molar-refractivity contribution is 7.18. The average Bonchev–Trinajstić information content (AvgIpc) is 2.87. The monoisotopic (exact) mass is 380 g/mol. The van der Waals surface area contributed by atoms with Crippen molar-refractivity contribution in [3.63, 3.8) is 0 Å². The van der Waals surface area contributed by atoms with Crippen LogP contribution in [-0.2, 0) is 24.4 Å². The van der Waals surface area contributed by atoms with Crippen molar-refractivity contribution in [1.29, 1.82) is 0 Å². The molecule has 2 aromatic rings. The molecule has 0 saturated carbocycles. The van der Waals surface area contributed by atoms with Crippen LogP contribution in [-0.4, -0.2) is 34.9 Å².